The van der Waals surface area contributed by atoms with Crippen molar-refractivity contribution in [3.8, 4) is 6.07 Å². The molecule has 2 rings (SSSR count). The summed E-state index contributed by atoms with van der Waals surface area (Å²) in [6.45, 7) is -0.376. The molecule has 126 valence electrons. The lowest BCUT2D eigenvalue weighted by atomic mass is 10.2. The third kappa shape index (κ3) is 5.71. The molecule has 0 unspecified atom stereocenters. The van der Waals surface area contributed by atoms with Crippen LogP contribution in [0, 0.1) is 11.3 Å². The summed E-state index contributed by atoms with van der Waals surface area (Å²) in [5.74, 6) is -1.69. The number of carbonyl (C=O) groups excluding carboxylic acids is 1. The van der Waals surface area contributed by atoms with Crippen molar-refractivity contribution in [3.63, 3.8) is 0 Å². The van der Waals surface area contributed by atoms with Crippen molar-refractivity contribution in [2.75, 3.05) is 11.9 Å². The maximum Gasteiger partial charge on any atom is 0.322 e. The van der Waals surface area contributed by atoms with Crippen molar-refractivity contribution < 1.29 is 14.7 Å². The normalized spacial score (nSPS) is 10.6. The third-order valence-corrected chi connectivity index (χ3v) is 4.05. The summed E-state index contributed by atoms with van der Waals surface area (Å²) in [4.78, 5) is 24.5. The Balaban J connectivity index is 2.12. The number of carbonyl (C=O) groups is 2. The molecule has 0 saturated heterocycles. The molecule has 0 saturated carbocycles. The predicted molar refractivity (Wildman–Crippen MR) is 95.0 cm³/mol. The van der Waals surface area contributed by atoms with E-state index in [4.69, 9.17) is 10.4 Å². The number of carboxylic acids is 1. The molecule has 0 fully saturated rings. The number of nitrogens with zero attached hydrogens (tertiary/aromatic N) is 1. The molecule has 0 aliphatic rings. The number of hydrogen-bond donors (Lipinski definition) is 3. The summed E-state index contributed by atoms with van der Waals surface area (Å²) in [6, 6.07) is 18.7. The lowest BCUT2D eigenvalue weighted by Crippen LogP contribution is -2.21. The number of nitrogens with one attached hydrogen (secondary N) is 2. The van der Waals surface area contributed by atoms with Gasteiger partial charge in [-0.25, -0.2) is 0 Å². The molecule has 25 heavy (non-hydrogen) atoms. The van der Waals surface area contributed by atoms with Gasteiger partial charge in [0.2, 0.25) is 0 Å². The van der Waals surface area contributed by atoms with Gasteiger partial charge in [-0.05, 0) is 24.3 Å². The molecule has 0 aromatic heterocycles. The van der Waals surface area contributed by atoms with Gasteiger partial charge in [0.15, 0.2) is 0 Å². The van der Waals surface area contributed by atoms with Gasteiger partial charge in [-0.3, -0.25) is 9.59 Å². The minimum absolute atomic E-state index is 0.208. The van der Waals surface area contributed by atoms with E-state index in [2.05, 4.69) is 10.6 Å². The first-order valence-corrected chi connectivity index (χ1v) is 8.10. The van der Waals surface area contributed by atoms with E-state index in [0.29, 0.717) is 5.69 Å². The molecule has 2 aromatic carbocycles. The minimum atomic E-state index is -1.08. The van der Waals surface area contributed by atoms with E-state index in [-0.39, 0.29) is 12.1 Å². The number of rotatable bonds is 7. The van der Waals surface area contributed by atoms with E-state index < -0.39 is 11.9 Å². The molecule has 0 bridgehead atoms. The Hall–Kier alpha value is -3.24. The number of amides is 1. The van der Waals surface area contributed by atoms with Crippen molar-refractivity contribution in [2.45, 2.75) is 9.79 Å². The Bertz CT molecular complexity index is 829. The van der Waals surface area contributed by atoms with Gasteiger partial charge in [-0.15, -0.1) is 0 Å². The average Bonchev–Trinajstić information content (AvgIpc) is 2.61. The van der Waals surface area contributed by atoms with Crippen molar-refractivity contribution >= 4 is 29.3 Å². The second-order valence-corrected chi connectivity index (χ2v) is 5.93. The second-order valence-electron chi connectivity index (χ2n) is 4.81. The molecule has 0 spiro atoms. The van der Waals surface area contributed by atoms with Gasteiger partial charge in [0.05, 0.1) is 5.69 Å². The number of hydrogen-bond acceptors (Lipinski definition) is 5. The zero-order chi connectivity index (χ0) is 18.1. The smallest absolute Gasteiger partial charge is 0.322 e. The Morgan fingerprint density at radius 1 is 1.12 bits per heavy atom. The molecule has 0 aliphatic carbocycles. The maximum atomic E-state index is 12.2. The van der Waals surface area contributed by atoms with Crippen molar-refractivity contribution in [2.24, 2.45) is 0 Å². The number of aliphatic carboxylic acids is 1. The molecule has 0 radical (unpaired) electrons. The molecule has 2 aromatic rings. The standard InChI is InChI=1S/C18H15N3O3S/c19-10-13(11-20-12-17(22)23)18(24)21-15-8-4-5-9-16(15)25-14-6-2-1-3-7-14/h1-9,11,20H,12H2,(H,21,24)(H,22,23)/b13-11-. The summed E-state index contributed by atoms with van der Waals surface area (Å²) >= 11 is 1.49. The molecule has 0 atom stereocenters. The van der Waals surface area contributed by atoms with Gasteiger partial charge in [0, 0.05) is 16.0 Å². The fourth-order valence-electron chi connectivity index (χ4n) is 1.85. The van der Waals surface area contributed by atoms with Crippen LogP contribution in [-0.2, 0) is 9.59 Å². The van der Waals surface area contributed by atoms with Gasteiger partial charge < -0.3 is 15.7 Å². The zero-order valence-electron chi connectivity index (χ0n) is 13.1. The van der Waals surface area contributed by atoms with Gasteiger partial charge in [-0.2, -0.15) is 5.26 Å². The highest BCUT2D eigenvalue weighted by Crippen LogP contribution is 2.33. The first-order valence-electron chi connectivity index (χ1n) is 7.29. The van der Waals surface area contributed by atoms with Crippen molar-refractivity contribution in [3.05, 3.63) is 66.4 Å². The van der Waals surface area contributed by atoms with Crippen LogP contribution >= 0.6 is 11.8 Å². The van der Waals surface area contributed by atoms with Gasteiger partial charge in [-0.1, -0.05) is 42.1 Å². The Morgan fingerprint density at radius 2 is 1.80 bits per heavy atom. The minimum Gasteiger partial charge on any atom is -0.480 e. The highest BCUT2D eigenvalue weighted by molar-refractivity contribution is 7.99. The summed E-state index contributed by atoms with van der Waals surface area (Å²) in [5.41, 5.74) is 0.363. The van der Waals surface area contributed by atoms with Crippen LogP contribution in [0.3, 0.4) is 0 Å². The topological polar surface area (TPSA) is 102 Å². The first-order chi connectivity index (χ1) is 12.1. The van der Waals surface area contributed by atoms with E-state index in [0.717, 1.165) is 16.0 Å². The fraction of sp³-hybridized carbons (Fsp3) is 0.0556. The van der Waals surface area contributed by atoms with Crippen LogP contribution in [0.5, 0.6) is 0 Å². The van der Waals surface area contributed by atoms with Crippen LogP contribution in [0.2, 0.25) is 0 Å². The monoisotopic (exact) mass is 353 g/mol. The van der Waals surface area contributed by atoms with Crippen LogP contribution < -0.4 is 10.6 Å². The highest BCUT2D eigenvalue weighted by Gasteiger charge is 2.12. The number of carboxylic acid groups (broad SMARTS) is 1. The number of benzene rings is 2. The van der Waals surface area contributed by atoms with Crippen molar-refractivity contribution in [1.29, 1.82) is 5.26 Å². The van der Waals surface area contributed by atoms with E-state index >= 15 is 0 Å². The van der Waals surface area contributed by atoms with E-state index in [9.17, 15) is 9.59 Å². The number of nitriles is 1. The van der Waals surface area contributed by atoms with Gasteiger partial charge >= 0.3 is 5.97 Å². The fourth-order valence-corrected chi connectivity index (χ4v) is 2.78. The number of para-hydroxylation sites is 1. The van der Waals surface area contributed by atoms with Crippen LogP contribution in [0.4, 0.5) is 5.69 Å². The van der Waals surface area contributed by atoms with Crippen LogP contribution in [0.1, 0.15) is 0 Å². The van der Waals surface area contributed by atoms with E-state index in [1.54, 1.807) is 18.2 Å². The molecule has 0 aliphatic heterocycles. The summed E-state index contributed by atoms with van der Waals surface area (Å²) < 4.78 is 0. The summed E-state index contributed by atoms with van der Waals surface area (Å²) in [6.07, 6.45) is 1.09. The van der Waals surface area contributed by atoms with Crippen molar-refractivity contribution in [1.82, 2.24) is 5.32 Å². The van der Waals surface area contributed by atoms with E-state index in [1.165, 1.54) is 11.8 Å². The molecule has 0 heterocycles. The SMILES string of the molecule is N#C/C(=C/NCC(=O)O)C(=O)Nc1ccccc1Sc1ccccc1. The Morgan fingerprint density at radius 3 is 2.48 bits per heavy atom. The molecule has 6 nitrogen and oxygen atoms in total. The van der Waals surface area contributed by atoms with E-state index in [1.807, 2.05) is 42.5 Å². The molecule has 1 amide bonds. The highest BCUT2D eigenvalue weighted by atomic mass is 32.2. The first kappa shape index (κ1) is 18.1. The van der Waals surface area contributed by atoms with Crippen LogP contribution in [0.15, 0.2) is 76.2 Å². The Kier molecular flexibility index (Phi) is 6.63. The van der Waals surface area contributed by atoms with Gasteiger partial charge in [0.1, 0.15) is 18.2 Å². The predicted octanol–water partition coefficient (Wildman–Crippen LogP) is 2.86. The second kappa shape index (κ2) is 9.15. The molecular weight excluding hydrogens is 338 g/mol. The largest absolute Gasteiger partial charge is 0.480 e. The quantitative estimate of drug-likeness (QED) is 0.522. The van der Waals surface area contributed by atoms with Crippen LogP contribution in [0.25, 0.3) is 0 Å². The summed E-state index contributed by atoms with van der Waals surface area (Å²) in [7, 11) is 0. The van der Waals surface area contributed by atoms with Gasteiger partial charge in [0.25, 0.3) is 5.91 Å². The summed E-state index contributed by atoms with van der Waals surface area (Å²) in [5, 5.41) is 22.7. The lowest BCUT2D eigenvalue weighted by molar-refractivity contribution is -0.135. The lowest BCUT2D eigenvalue weighted by Gasteiger charge is -2.10. The third-order valence-electron chi connectivity index (χ3n) is 2.97. The molecule has 7 heteroatoms. The zero-order valence-corrected chi connectivity index (χ0v) is 13.9. The number of anilines is 1. The molecule has 3 N–H and O–H groups in total. The molecular formula is C18H15N3O3S. The van der Waals surface area contributed by atoms with Crippen LogP contribution in [-0.4, -0.2) is 23.5 Å². The maximum absolute atomic E-state index is 12.2. The Labute approximate surface area is 149 Å². The average molecular weight is 353 g/mol.